The van der Waals surface area contributed by atoms with Gasteiger partial charge in [0.15, 0.2) is 0 Å². The lowest BCUT2D eigenvalue weighted by Crippen LogP contribution is -2.40. The van der Waals surface area contributed by atoms with Crippen LogP contribution in [0.5, 0.6) is 5.75 Å². The van der Waals surface area contributed by atoms with Crippen molar-refractivity contribution in [3.8, 4) is 5.75 Å². The maximum atomic E-state index is 12.8. The number of rotatable bonds is 8. The largest absolute Gasteiger partial charge is 0.382 e. The van der Waals surface area contributed by atoms with Crippen LogP contribution >= 0.6 is 11.6 Å². The normalized spacial score (nSPS) is 12.3. The number of amides is 2. The monoisotopic (exact) mass is 424 g/mol. The van der Waals surface area contributed by atoms with Gasteiger partial charge in [0.05, 0.1) is 5.75 Å². The number of urea groups is 1. The Balaban J connectivity index is 2.17. The highest BCUT2D eigenvalue weighted by atomic mass is 35.5. The number of anilines is 1. The smallest absolute Gasteiger partial charge is 0.322 e. The van der Waals surface area contributed by atoms with Crippen LogP contribution in [0.25, 0.3) is 0 Å². The van der Waals surface area contributed by atoms with E-state index in [0.717, 1.165) is 12.0 Å². The minimum Gasteiger partial charge on any atom is -0.382 e. The van der Waals surface area contributed by atoms with Crippen molar-refractivity contribution < 1.29 is 17.4 Å². The zero-order chi connectivity index (χ0) is 20.7. The van der Waals surface area contributed by atoms with E-state index in [0.29, 0.717) is 17.3 Å². The van der Waals surface area contributed by atoms with Crippen molar-refractivity contribution in [3.63, 3.8) is 0 Å². The molecule has 0 saturated carbocycles. The van der Waals surface area contributed by atoms with E-state index in [4.69, 9.17) is 15.8 Å². The number of nitrogens with one attached hydrogen (secondary N) is 1. The first-order valence-electron chi connectivity index (χ1n) is 9.08. The molecule has 6 nitrogen and oxygen atoms in total. The SMILES string of the molecule is CC[C@H](C)N(Cc1cccc(OS(=O)(=O)CC)c1)C(=O)Nc1ccc(Cl)cc1. The number of hydrogen-bond acceptors (Lipinski definition) is 4. The topological polar surface area (TPSA) is 75.7 Å². The Morgan fingerprint density at radius 2 is 1.86 bits per heavy atom. The van der Waals surface area contributed by atoms with Gasteiger partial charge in [-0.3, -0.25) is 0 Å². The van der Waals surface area contributed by atoms with Crippen LogP contribution in [-0.2, 0) is 16.7 Å². The summed E-state index contributed by atoms with van der Waals surface area (Å²) in [5.41, 5.74) is 1.42. The van der Waals surface area contributed by atoms with Crippen molar-refractivity contribution in [3.05, 3.63) is 59.1 Å². The molecule has 0 unspecified atom stereocenters. The fourth-order valence-corrected chi connectivity index (χ4v) is 3.12. The van der Waals surface area contributed by atoms with Gasteiger partial charge in [-0.05, 0) is 62.2 Å². The number of hydrogen-bond donors (Lipinski definition) is 1. The molecule has 28 heavy (non-hydrogen) atoms. The molecule has 0 heterocycles. The van der Waals surface area contributed by atoms with Gasteiger partial charge in [-0.2, -0.15) is 8.42 Å². The van der Waals surface area contributed by atoms with E-state index in [1.165, 1.54) is 6.92 Å². The van der Waals surface area contributed by atoms with Crippen LogP contribution in [0, 0.1) is 0 Å². The Hall–Kier alpha value is -2.25. The second kappa shape index (κ2) is 9.80. The standard InChI is InChI=1S/C20H25ClN2O4S/c1-4-15(3)23(20(24)22-18-11-9-17(21)10-12-18)14-16-7-6-8-19(13-16)27-28(25,26)5-2/h6-13,15H,4-5,14H2,1-3H3,(H,22,24)/t15-/m0/s1. The molecule has 0 fully saturated rings. The highest BCUT2D eigenvalue weighted by Gasteiger charge is 2.20. The van der Waals surface area contributed by atoms with Gasteiger partial charge in [0.1, 0.15) is 5.75 Å². The molecule has 0 aliphatic heterocycles. The quantitative estimate of drug-likeness (QED) is 0.611. The minimum atomic E-state index is -3.60. The Labute approximate surface area is 171 Å². The predicted molar refractivity (Wildman–Crippen MR) is 112 cm³/mol. The van der Waals surface area contributed by atoms with Gasteiger partial charge in [0.25, 0.3) is 0 Å². The van der Waals surface area contributed by atoms with Crippen LogP contribution in [0.4, 0.5) is 10.5 Å². The fraction of sp³-hybridized carbons (Fsp3) is 0.350. The molecule has 152 valence electrons. The molecule has 0 bridgehead atoms. The van der Waals surface area contributed by atoms with Crippen LogP contribution in [0.1, 0.15) is 32.8 Å². The van der Waals surface area contributed by atoms with Crippen molar-refractivity contribution in [2.75, 3.05) is 11.1 Å². The number of carbonyl (C=O) groups is 1. The molecule has 8 heteroatoms. The third kappa shape index (κ3) is 6.42. The van der Waals surface area contributed by atoms with Crippen LogP contribution in [0.3, 0.4) is 0 Å². The molecule has 0 spiro atoms. The van der Waals surface area contributed by atoms with Gasteiger partial charge >= 0.3 is 16.1 Å². The molecule has 2 amide bonds. The molecule has 2 rings (SSSR count). The summed E-state index contributed by atoms with van der Waals surface area (Å²) in [5.74, 6) is 0.126. The first kappa shape index (κ1) is 22.0. The Morgan fingerprint density at radius 3 is 2.46 bits per heavy atom. The van der Waals surface area contributed by atoms with Gasteiger partial charge in [-0.25, -0.2) is 4.79 Å². The van der Waals surface area contributed by atoms with Crippen LogP contribution in [0.15, 0.2) is 48.5 Å². The summed E-state index contributed by atoms with van der Waals surface area (Å²) in [6, 6.07) is 13.4. The van der Waals surface area contributed by atoms with Crippen molar-refractivity contribution in [1.82, 2.24) is 4.90 Å². The van der Waals surface area contributed by atoms with Gasteiger partial charge in [-0.1, -0.05) is 30.7 Å². The van der Waals surface area contributed by atoms with Crippen molar-refractivity contribution in [2.45, 2.75) is 39.8 Å². The highest BCUT2D eigenvalue weighted by molar-refractivity contribution is 7.87. The molecule has 1 atom stereocenters. The van der Waals surface area contributed by atoms with Crippen molar-refractivity contribution in [2.24, 2.45) is 0 Å². The summed E-state index contributed by atoms with van der Waals surface area (Å²) < 4.78 is 28.4. The van der Waals surface area contributed by atoms with Gasteiger partial charge in [0, 0.05) is 23.3 Å². The average molecular weight is 425 g/mol. The Bertz CT molecular complexity index is 901. The number of carbonyl (C=O) groups excluding carboxylic acids is 1. The molecule has 0 saturated heterocycles. The lowest BCUT2D eigenvalue weighted by Gasteiger charge is -2.29. The minimum absolute atomic E-state index is 0.0174. The highest BCUT2D eigenvalue weighted by Crippen LogP contribution is 2.20. The van der Waals surface area contributed by atoms with Crippen LogP contribution in [-0.4, -0.2) is 31.1 Å². The van der Waals surface area contributed by atoms with E-state index in [2.05, 4.69) is 5.32 Å². The summed E-state index contributed by atoms with van der Waals surface area (Å²) in [6.45, 7) is 5.80. The number of nitrogens with zero attached hydrogens (tertiary/aromatic N) is 1. The zero-order valence-electron chi connectivity index (χ0n) is 16.2. The molecule has 2 aromatic rings. The molecule has 0 aliphatic carbocycles. The van der Waals surface area contributed by atoms with E-state index < -0.39 is 10.1 Å². The molecular weight excluding hydrogens is 400 g/mol. The first-order chi connectivity index (χ1) is 13.2. The first-order valence-corrected chi connectivity index (χ1v) is 11.0. The molecule has 0 radical (unpaired) electrons. The summed E-state index contributed by atoms with van der Waals surface area (Å²) in [7, 11) is -3.60. The number of halogens is 1. The van der Waals surface area contributed by atoms with E-state index in [-0.39, 0.29) is 23.6 Å². The van der Waals surface area contributed by atoms with Crippen molar-refractivity contribution in [1.29, 1.82) is 0 Å². The fourth-order valence-electron chi connectivity index (χ4n) is 2.47. The van der Waals surface area contributed by atoms with E-state index in [9.17, 15) is 13.2 Å². The average Bonchev–Trinajstić information content (AvgIpc) is 2.67. The van der Waals surface area contributed by atoms with Gasteiger partial charge in [0.2, 0.25) is 0 Å². The Kier molecular flexibility index (Phi) is 7.71. The summed E-state index contributed by atoms with van der Waals surface area (Å²) in [5, 5.41) is 3.46. The second-order valence-corrected chi connectivity index (χ2v) is 8.70. The van der Waals surface area contributed by atoms with Crippen LogP contribution < -0.4 is 9.50 Å². The lowest BCUT2D eigenvalue weighted by molar-refractivity contribution is 0.187. The van der Waals surface area contributed by atoms with E-state index >= 15 is 0 Å². The molecule has 0 aromatic heterocycles. The maximum Gasteiger partial charge on any atom is 0.322 e. The lowest BCUT2D eigenvalue weighted by atomic mass is 10.1. The van der Waals surface area contributed by atoms with E-state index in [1.807, 2.05) is 19.9 Å². The summed E-state index contributed by atoms with van der Waals surface area (Å²) in [4.78, 5) is 14.5. The summed E-state index contributed by atoms with van der Waals surface area (Å²) >= 11 is 5.88. The molecular formula is C20H25ClN2O4S. The van der Waals surface area contributed by atoms with Crippen molar-refractivity contribution >= 4 is 33.4 Å². The van der Waals surface area contributed by atoms with Gasteiger partial charge < -0.3 is 14.4 Å². The zero-order valence-corrected chi connectivity index (χ0v) is 17.8. The van der Waals surface area contributed by atoms with Gasteiger partial charge in [-0.15, -0.1) is 0 Å². The van der Waals surface area contributed by atoms with Crippen LogP contribution in [0.2, 0.25) is 5.02 Å². The molecule has 1 N–H and O–H groups in total. The van der Waals surface area contributed by atoms with E-state index in [1.54, 1.807) is 47.4 Å². The Morgan fingerprint density at radius 1 is 1.18 bits per heavy atom. The third-order valence-electron chi connectivity index (χ3n) is 4.31. The second-order valence-electron chi connectivity index (χ2n) is 6.40. The predicted octanol–water partition coefficient (Wildman–Crippen LogP) is 4.90. The summed E-state index contributed by atoms with van der Waals surface area (Å²) in [6.07, 6.45) is 0.772. The number of benzene rings is 2. The maximum absolute atomic E-state index is 12.8. The molecule has 2 aromatic carbocycles. The molecule has 0 aliphatic rings. The third-order valence-corrected chi connectivity index (χ3v) is 5.71.